The number of carbonyl (C=O) groups is 1. The van der Waals surface area contributed by atoms with Gasteiger partial charge in [0.15, 0.2) is 11.5 Å². The van der Waals surface area contributed by atoms with E-state index in [0.29, 0.717) is 19.8 Å². The van der Waals surface area contributed by atoms with Gasteiger partial charge in [0.1, 0.15) is 0 Å². The van der Waals surface area contributed by atoms with Gasteiger partial charge in [0.25, 0.3) is 0 Å². The lowest BCUT2D eigenvalue weighted by atomic mass is 9.91. The van der Waals surface area contributed by atoms with Gasteiger partial charge in [0, 0.05) is 6.54 Å². The summed E-state index contributed by atoms with van der Waals surface area (Å²) in [6, 6.07) is 16.3. The highest BCUT2D eigenvalue weighted by Crippen LogP contribution is 2.37. The Morgan fingerprint density at radius 1 is 1.07 bits per heavy atom. The fourth-order valence-electron chi connectivity index (χ4n) is 3.93. The van der Waals surface area contributed by atoms with Crippen LogP contribution in [-0.2, 0) is 4.79 Å². The molecule has 3 rings (SSSR count). The van der Waals surface area contributed by atoms with Crippen LogP contribution in [0.1, 0.15) is 43.9 Å². The number of benzene rings is 2. The van der Waals surface area contributed by atoms with Crippen molar-refractivity contribution in [2.24, 2.45) is 5.92 Å². The van der Waals surface area contributed by atoms with Gasteiger partial charge in [-0.3, -0.25) is 9.69 Å². The van der Waals surface area contributed by atoms with Crippen LogP contribution in [0.2, 0.25) is 0 Å². The van der Waals surface area contributed by atoms with Crippen molar-refractivity contribution < 1.29 is 19.4 Å². The van der Waals surface area contributed by atoms with E-state index in [0.717, 1.165) is 42.0 Å². The first-order valence-electron chi connectivity index (χ1n) is 10.0. The molecule has 0 amide bonds. The second kappa shape index (κ2) is 9.60. The number of rotatable bonds is 8. The Morgan fingerprint density at radius 2 is 1.79 bits per heavy atom. The predicted molar refractivity (Wildman–Crippen MR) is 109 cm³/mol. The lowest BCUT2D eigenvalue weighted by Gasteiger charge is -2.37. The van der Waals surface area contributed by atoms with Gasteiger partial charge in [-0.2, -0.15) is 0 Å². The lowest BCUT2D eigenvalue weighted by Crippen LogP contribution is -2.41. The van der Waals surface area contributed by atoms with Crippen LogP contribution >= 0.6 is 0 Å². The molecule has 2 aromatic rings. The van der Waals surface area contributed by atoms with Crippen LogP contribution in [0.4, 0.5) is 0 Å². The van der Waals surface area contributed by atoms with Gasteiger partial charge in [-0.1, -0.05) is 36.4 Å². The lowest BCUT2D eigenvalue weighted by molar-refractivity contribution is -0.143. The molecule has 2 atom stereocenters. The number of aliphatic carboxylic acids is 1. The first kappa shape index (κ1) is 20.2. The average Bonchev–Trinajstić information content (AvgIpc) is 2.71. The Labute approximate surface area is 166 Å². The standard InChI is InChI=1S/C23H29NO4/c1-3-27-20-13-12-18(15-21(20)28-4-2)22(17-9-6-5-7-10-17)24-14-8-11-19(16-24)23(25)26/h5-7,9-10,12-13,15,19,22H,3-4,8,11,14,16H2,1-2H3,(H,25,26). The molecule has 2 aromatic carbocycles. The van der Waals surface area contributed by atoms with Crippen LogP contribution in [0.25, 0.3) is 0 Å². The van der Waals surface area contributed by atoms with Gasteiger partial charge in [-0.05, 0) is 56.5 Å². The molecule has 2 unspecified atom stereocenters. The first-order chi connectivity index (χ1) is 13.6. The maximum absolute atomic E-state index is 11.6. The topological polar surface area (TPSA) is 59.0 Å². The molecule has 28 heavy (non-hydrogen) atoms. The van der Waals surface area contributed by atoms with Crippen LogP contribution in [-0.4, -0.2) is 42.3 Å². The molecule has 1 aliphatic heterocycles. The monoisotopic (exact) mass is 383 g/mol. The summed E-state index contributed by atoms with van der Waals surface area (Å²) in [4.78, 5) is 13.9. The summed E-state index contributed by atoms with van der Waals surface area (Å²) in [6.07, 6.45) is 1.62. The number of nitrogens with zero attached hydrogens (tertiary/aromatic N) is 1. The summed E-state index contributed by atoms with van der Waals surface area (Å²) in [5.41, 5.74) is 2.24. The van der Waals surface area contributed by atoms with Crippen molar-refractivity contribution in [2.75, 3.05) is 26.3 Å². The van der Waals surface area contributed by atoms with Crippen LogP contribution in [0.15, 0.2) is 48.5 Å². The van der Waals surface area contributed by atoms with Crippen molar-refractivity contribution in [3.63, 3.8) is 0 Å². The second-order valence-corrected chi connectivity index (χ2v) is 7.06. The Morgan fingerprint density at radius 3 is 2.46 bits per heavy atom. The third-order valence-electron chi connectivity index (χ3n) is 5.17. The molecule has 1 N–H and O–H groups in total. The van der Waals surface area contributed by atoms with E-state index < -0.39 is 5.97 Å². The molecular formula is C23H29NO4. The second-order valence-electron chi connectivity index (χ2n) is 7.06. The van der Waals surface area contributed by atoms with Crippen LogP contribution in [0, 0.1) is 5.92 Å². The highest BCUT2D eigenvalue weighted by atomic mass is 16.5. The van der Waals surface area contributed by atoms with Gasteiger partial charge < -0.3 is 14.6 Å². The number of likely N-dealkylation sites (tertiary alicyclic amines) is 1. The third-order valence-corrected chi connectivity index (χ3v) is 5.17. The van der Waals surface area contributed by atoms with Gasteiger partial charge >= 0.3 is 5.97 Å². The van der Waals surface area contributed by atoms with Gasteiger partial charge in [0.2, 0.25) is 0 Å². The van der Waals surface area contributed by atoms with E-state index in [1.165, 1.54) is 0 Å². The van der Waals surface area contributed by atoms with Crippen molar-refractivity contribution in [1.29, 1.82) is 0 Å². The largest absolute Gasteiger partial charge is 0.490 e. The minimum absolute atomic E-state index is 0.0155. The molecule has 1 saturated heterocycles. The zero-order chi connectivity index (χ0) is 19.9. The van der Waals surface area contributed by atoms with Crippen LogP contribution in [0.3, 0.4) is 0 Å². The van der Waals surface area contributed by atoms with E-state index in [2.05, 4.69) is 23.1 Å². The Kier molecular flexibility index (Phi) is 6.93. The number of piperidine rings is 1. The van der Waals surface area contributed by atoms with Crippen LogP contribution in [0.5, 0.6) is 11.5 Å². The highest BCUT2D eigenvalue weighted by molar-refractivity contribution is 5.70. The molecule has 0 radical (unpaired) electrons. The Bertz CT molecular complexity index is 777. The number of carboxylic acids is 1. The zero-order valence-corrected chi connectivity index (χ0v) is 16.6. The molecule has 5 heteroatoms. The minimum atomic E-state index is -0.710. The summed E-state index contributed by atoms with van der Waals surface area (Å²) in [7, 11) is 0. The minimum Gasteiger partial charge on any atom is -0.490 e. The summed E-state index contributed by atoms with van der Waals surface area (Å²) in [6.45, 7) is 6.47. The van der Waals surface area contributed by atoms with Crippen molar-refractivity contribution in [2.45, 2.75) is 32.7 Å². The smallest absolute Gasteiger partial charge is 0.307 e. The van der Waals surface area contributed by atoms with Gasteiger partial charge in [-0.15, -0.1) is 0 Å². The maximum atomic E-state index is 11.6. The van der Waals surface area contributed by atoms with E-state index in [1.807, 2.05) is 44.2 Å². The quantitative estimate of drug-likeness (QED) is 0.733. The number of hydrogen-bond acceptors (Lipinski definition) is 4. The van der Waals surface area contributed by atoms with E-state index in [9.17, 15) is 9.90 Å². The molecule has 0 aromatic heterocycles. The Hall–Kier alpha value is -2.53. The predicted octanol–water partition coefficient (Wildman–Crippen LogP) is 4.37. The van der Waals surface area contributed by atoms with Crippen molar-refractivity contribution in [3.8, 4) is 11.5 Å². The molecule has 0 saturated carbocycles. The molecule has 0 aliphatic carbocycles. The van der Waals surface area contributed by atoms with Gasteiger partial charge in [0.05, 0.1) is 25.2 Å². The fraction of sp³-hybridized carbons (Fsp3) is 0.435. The molecule has 5 nitrogen and oxygen atoms in total. The third kappa shape index (κ3) is 4.65. The fourth-order valence-corrected chi connectivity index (χ4v) is 3.93. The van der Waals surface area contributed by atoms with Crippen molar-refractivity contribution >= 4 is 5.97 Å². The normalized spacial score (nSPS) is 18.4. The summed E-state index contributed by atoms with van der Waals surface area (Å²) in [5.74, 6) is 0.434. The van der Waals surface area contributed by atoms with E-state index >= 15 is 0 Å². The molecule has 0 bridgehead atoms. The maximum Gasteiger partial charge on any atom is 0.307 e. The number of carboxylic acid groups (broad SMARTS) is 1. The number of ether oxygens (including phenoxy) is 2. The molecule has 1 heterocycles. The summed E-state index contributed by atoms with van der Waals surface area (Å²) < 4.78 is 11.5. The molecule has 1 aliphatic rings. The molecule has 1 fully saturated rings. The molecule has 150 valence electrons. The zero-order valence-electron chi connectivity index (χ0n) is 16.6. The number of hydrogen-bond donors (Lipinski definition) is 1. The van der Waals surface area contributed by atoms with Crippen LogP contribution < -0.4 is 9.47 Å². The van der Waals surface area contributed by atoms with Crippen molar-refractivity contribution in [3.05, 3.63) is 59.7 Å². The summed E-state index contributed by atoms with van der Waals surface area (Å²) >= 11 is 0. The van der Waals surface area contributed by atoms with E-state index in [4.69, 9.17) is 9.47 Å². The Balaban J connectivity index is 2.00. The summed E-state index contributed by atoms with van der Waals surface area (Å²) in [5, 5.41) is 9.53. The SMILES string of the molecule is CCOc1ccc(C(c2ccccc2)N2CCCC(C(=O)O)C2)cc1OCC. The van der Waals surface area contributed by atoms with Crippen molar-refractivity contribution in [1.82, 2.24) is 4.90 Å². The highest BCUT2D eigenvalue weighted by Gasteiger charge is 2.31. The van der Waals surface area contributed by atoms with Gasteiger partial charge in [-0.25, -0.2) is 0 Å². The van der Waals surface area contributed by atoms with E-state index in [1.54, 1.807) is 0 Å². The average molecular weight is 383 g/mol. The van der Waals surface area contributed by atoms with E-state index in [-0.39, 0.29) is 12.0 Å². The first-order valence-corrected chi connectivity index (χ1v) is 10.0. The molecular weight excluding hydrogens is 354 g/mol. The molecule has 0 spiro atoms.